The Morgan fingerprint density at radius 1 is 1.39 bits per heavy atom. The van der Waals surface area contributed by atoms with Crippen LogP contribution in [0.1, 0.15) is 43.8 Å². The molecule has 0 bridgehead atoms. The standard InChI is InChI=1S/C22H20ClN3O2/c1-28-20-5-2-13(8-19(20)23)10-25-21-16(12-27)11-26-22-17(15-3-4-15)6-14(9-24)7-18(21)22/h2,5-8,11,15,27H,3-4,10,12H2,1H3,(H,25,26)/i10D2. The SMILES string of the molecule is [2H]C([2H])(Nc1c(CO)cnc2c(C3CC3)cc(C#N)cc12)c1ccc(OC)c(Cl)c1. The van der Waals surface area contributed by atoms with E-state index in [-0.39, 0.29) is 6.61 Å². The van der Waals surface area contributed by atoms with Gasteiger partial charge in [0, 0.05) is 23.6 Å². The van der Waals surface area contributed by atoms with Crippen LogP contribution in [0.3, 0.4) is 0 Å². The smallest absolute Gasteiger partial charge is 0.137 e. The summed E-state index contributed by atoms with van der Waals surface area (Å²) in [5, 5.41) is 23.2. The predicted molar refractivity (Wildman–Crippen MR) is 110 cm³/mol. The number of fused-ring (bicyclic) bond motifs is 1. The van der Waals surface area contributed by atoms with E-state index in [4.69, 9.17) is 19.1 Å². The zero-order valence-electron chi connectivity index (χ0n) is 17.3. The number of halogens is 1. The summed E-state index contributed by atoms with van der Waals surface area (Å²) in [5.41, 5.74) is 3.36. The zero-order chi connectivity index (χ0) is 21.5. The van der Waals surface area contributed by atoms with Crippen molar-refractivity contribution in [3.63, 3.8) is 0 Å². The van der Waals surface area contributed by atoms with E-state index in [9.17, 15) is 10.4 Å². The summed E-state index contributed by atoms with van der Waals surface area (Å²) in [5.74, 6) is 0.813. The van der Waals surface area contributed by atoms with Crippen LogP contribution in [-0.4, -0.2) is 17.2 Å². The molecular weight excluding hydrogens is 374 g/mol. The quantitative estimate of drug-likeness (QED) is 0.629. The maximum atomic E-state index is 9.87. The first-order valence-electron chi connectivity index (χ1n) is 9.96. The number of anilines is 1. The highest BCUT2D eigenvalue weighted by Crippen LogP contribution is 2.44. The third-order valence-corrected chi connectivity index (χ3v) is 5.17. The van der Waals surface area contributed by atoms with Crippen molar-refractivity contribution in [2.75, 3.05) is 12.4 Å². The number of nitrogens with one attached hydrogen (secondary N) is 1. The first-order chi connectivity index (χ1) is 14.4. The fraction of sp³-hybridized carbons (Fsp3) is 0.273. The van der Waals surface area contributed by atoms with Crippen molar-refractivity contribution in [3.8, 4) is 11.8 Å². The van der Waals surface area contributed by atoms with E-state index < -0.39 is 6.50 Å². The third kappa shape index (κ3) is 3.49. The highest BCUT2D eigenvalue weighted by molar-refractivity contribution is 6.32. The molecule has 4 rings (SSSR count). The molecule has 2 aromatic carbocycles. The second-order valence-electron chi connectivity index (χ2n) is 6.76. The number of rotatable bonds is 6. The Balaban J connectivity index is 1.85. The lowest BCUT2D eigenvalue weighted by atomic mass is 9.99. The fourth-order valence-electron chi connectivity index (χ4n) is 3.29. The minimum atomic E-state index is -2.00. The van der Waals surface area contributed by atoms with Gasteiger partial charge in [-0.05, 0) is 54.2 Å². The van der Waals surface area contributed by atoms with Crippen LogP contribution in [0.15, 0.2) is 36.5 Å². The minimum absolute atomic E-state index is 0.297. The normalized spacial score (nSPS) is 14.9. The van der Waals surface area contributed by atoms with Gasteiger partial charge in [-0.3, -0.25) is 4.98 Å². The molecule has 3 aromatic rings. The number of aromatic nitrogens is 1. The molecule has 6 heteroatoms. The lowest BCUT2D eigenvalue weighted by Gasteiger charge is -2.16. The van der Waals surface area contributed by atoms with Gasteiger partial charge in [0.2, 0.25) is 0 Å². The predicted octanol–water partition coefficient (Wildman–Crippen LogP) is 4.75. The van der Waals surface area contributed by atoms with Crippen LogP contribution in [0.2, 0.25) is 5.02 Å². The van der Waals surface area contributed by atoms with Gasteiger partial charge in [0.1, 0.15) is 5.75 Å². The summed E-state index contributed by atoms with van der Waals surface area (Å²) in [7, 11) is 1.49. The van der Waals surface area contributed by atoms with Gasteiger partial charge in [-0.15, -0.1) is 0 Å². The van der Waals surface area contributed by atoms with Gasteiger partial charge >= 0.3 is 0 Å². The fourth-order valence-corrected chi connectivity index (χ4v) is 3.55. The highest BCUT2D eigenvalue weighted by atomic mass is 35.5. The van der Waals surface area contributed by atoms with Gasteiger partial charge in [-0.1, -0.05) is 17.7 Å². The second kappa shape index (κ2) is 7.67. The van der Waals surface area contributed by atoms with E-state index in [0.717, 1.165) is 23.9 Å². The van der Waals surface area contributed by atoms with E-state index in [1.807, 2.05) is 6.07 Å². The molecular formula is C22H20ClN3O2. The molecule has 0 aliphatic heterocycles. The van der Waals surface area contributed by atoms with Crippen molar-refractivity contribution in [1.82, 2.24) is 4.98 Å². The topological polar surface area (TPSA) is 78.2 Å². The average molecular weight is 396 g/mol. The molecule has 1 heterocycles. The van der Waals surface area contributed by atoms with Gasteiger partial charge in [-0.25, -0.2) is 0 Å². The number of aliphatic hydroxyl groups excluding tert-OH is 1. The maximum Gasteiger partial charge on any atom is 0.137 e. The van der Waals surface area contributed by atoms with E-state index in [1.54, 1.807) is 24.4 Å². The van der Waals surface area contributed by atoms with Crippen LogP contribution in [0.5, 0.6) is 5.75 Å². The maximum absolute atomic E-state index is 9.87. The summed E-state index contributed by atoms with van der Waals surface area (Å²) in [4.78, 5) is 4.52. The number of hydrogen-bond donors (Lipinski definition) is 2. The summed E-state index contributed by atoms with van der Waals surface area (Å²) in [6.07, 6.45) is 3.64. The van der Waals surface area contributed by atoms with E-state index >= 15 is 0 Å². The first-order valence-corrected chi connectivity index (χ1v) is 9.34. The average Bonchev–Trinajstić information content (AvgIpc) is 3.58. The van der Waals surface area contributed by atoms with Crippen LogP contribution in [-0.2, 0) is 13.1 Å². The summed E-state index contributed by atoms with van der Waals surface area (Å²) in [6.45, 7) is -2.32. The molecule has 142 valence electrons. The summed E-state index contributed by atoms with van der Waals surface area (Å²) < 4.78 is 22.4. The van der Waals surface area contributed by atoms with Crippen molar-refractivity contribution < 1.29 is 12.6 Å². The van der Waals surface area contributed by atoms with Crippen LogP contribution in [0, 0.1) is 11.3 Å². The number of benzene rings is 2. The summed E-state index contributed by atoms with van der Waals surface area (Å²) in [6, 6.07) is 10.4. The van der Waals surface area contributed by atoms with Crippen molar-refractivity contribution in [1.29, 1.82) is 5.26 Å². The number of nitrogens with zero attached hydrogens (tertiary/aromatic N) is 2. The lowest BCUT2D eigenvalue weighted by Crippen LogP contribution is -2.05. The second-order valence-corrected chi connectivity index (χ2v) is 7.17. The zero-order valence-corrected chi connectivity index (χ0v) is 16.0. The molecule has 5 nitrogen and oxygen atoms in total. The van der Waals surface area contributed by atoms with Crippen molar-refractivity contribution in [3.05, 3.63) is 63.8 Å². The first kappa shape index (κ1) is 16.2. The van der Waals surface area contributed by atoms with Crippen LogP contribution in [0.4, 0.5) is 5.69 Å². The molecule has 0 saturated heterocycles. The van der Waals surface area contributed by atoms with Gasteiger partial charge in [0.05, 0.1) is 44.3 Å². The number of nitriles is 1. The summed E-state index contributed by atoms with van der Waals surface area (Å²) >= 11 is 6.19. The van der Waals surface area contributed by atoms with E-state index in [0.29, 0.717) is 44.5 Å². The van der Waals surface area contributed by atoms with Gasteiger partial charge in [-0.2, -0.15) is 5.26 Å². The molecule has 1 fully saturated rings. The third-order valence-electron chi connectivity index (χ3n) is 4.88. The van der Waals surface area contributed by atoms with Gasteiger partial charge < -0.3 is 15.2 Å². The van der Waals surface area contributed by atoms with Crippen LogP contribution >= 0.6 is 11.6 Å². The van der Waals surface area contributed by atoms with Gasteiger partial charge in [0.15, 0.2) is 0 Å². The molecule has 0 amide bonds. The molecule has 2 N–H and O–H groups in total. The molecule has 1 aliphatic carbocycles. The number of ether oxygens (including phenoxy) is 1. The molecule has 1 aromatic heterocycles. The lowest BCUT2D eigenvalue weighted by molar-refractivity contribution is 0.282. The largest absolute Gasteiger partial charge is 0.495 e. The van der Waals surface area contributed by atoms with E-state index in [1.165, 1.54) is 13.2 Å². The number of methoxy groups -OCH3 is 1. The van der Waals surface area contributed by atoms with Crippen LogP contribution < -0.4 is 10.1 Å². The Bertz CT molecular complexity index is 1170. The highest BCUT2D eigenvalue weighted by Gasteiger charge is 2.27. The van der Waals surface area contributed by atoms with Crippen molar-refractivity contribution >= 4 is 28.2 Å². The Hall–Kier alpha value is -2.81. The molecule has 28 heavy (non-hydrogen) atoms. The molecule has 0 radical (unpaired) electrons. The van der Waals surface area contributed by atoms with Crippen molar-refractivity contribution in [2.45, 2.75) is 31.9 Å². The Morgan fingerprint density at radius 2 is 2.21 bits per heavy atom. The van der Waals surface area contributed by atoms with Crippen LogP contribution in [0.25, 0.3) is 10.9 Å². The monoisotopic (exact) mass is 395 g/mol. The molecule has 0 unspecified atom stereocenters. The number of aliphatic hydroxyl groups is 1. The molecule has 1 saturated carbocycles. The van der Waals surface area contributed by atoms with E-state index in [2.05, 4.69) is 16.4 Å². The van der Waals surface area contributed by atoms with Gasteiger partial charge in [0.25, 0.3) is 0 Å². The number of pyridine rings is 1. The molecule has 1 aliphatic rings. The minimum Gasteiger partial charge on any atom is -0.495 e. The Labute approximate surface area is 171 Å². The molecule has 0 spiro atoms. The van der Waals surface area contributed by atoms with Crippen molar-refractivity contribution in [2.24, 2.45) is 0 Å². The molecule has 0 atom stereocenters. The Kier molecular flexibility index (Phi) is 4.43. The number of hydrogen-bond acceptors (Lipinski definition) is 5. The Morgan fingerprint density at radius 3 is 2.86 bits per heavy atom.